The number of hydrogen-bond donors (Lipinski definition) is 2. The number of ketones is 1. The zero-order chi connectivity index (χ0) is 10.6. The average molecular weight is 193 g/mol. The largest absolute Gasteiger partial charge is 0.481 e. The monoisotopic (exact) mass is 193 g/mol. The van der Waals surface area contributed by atoms with Crippen LogP contribution in [0.5, 0.6) is 0 Å². The zero-order valence-corrected chi connectivity index (χ0v) is 7.51. The molecule has 0 saturated heterocycles. The molecule has 0 aliphatic carbocycles. The van der Waals surface area contributed by atoms with Crippen molar-refractivity contribution >= 4 is 11.8 Å². The number of benzene rings is 1. The van der Waals surface area contributed by atoms with Gasteiger partial charge in [-0.1, -0.05) is 30.3 Å². The Bertz CT molecular complexity index is 334. The van der Waals surface area contributed by atoms with E-state index >= 15 is 0 Å². The molecule has 0 unspecified atom stereocenters. The molecule has 3 N–H and O–H groups in total. The first kappa shape index (κ1) is 10.4. The lowest BCUT2D eigenvalue weighted by molar-refractivity contribution is -0.137. The van der Waals surface area contributed by atoms with Crippen molar-refractivity contribution in [2.75, 3.05) is 0 Å². The molecule has 0 aromatic heterocycles. The highest BCUT2D eigenvalue weighted by Gasteiger charge is 2.17. The molecule has 4 heteroatoms. The maximum atomic E-state index is 11.5. The number of nitrogens with two attached hydrogens (primary N) is 1. The van der Waals surface area contributed by atoms with E-state index in [1.54, 1.807) is 30.3 Å². The molecule has 0 saturated carbocycles. The quantitative estimate of drug-likeness (QED) is 0.689. The van der Waals surface area contributed by atoms with Gasteiger partial charge in [-0.25, -0.2) is 0 Å². The van der Waals surface area contributed by atoms with Gasteiger partial charge in [0.1, 0.15) is 0 Å². The Morgan fingerprint density at radius 2 is 1.86 bits per heavy atom. The predicted octanol–water partition coefficient (Wildman–Crippen LogP) is 0.671. The number of carboxylic acid groups (broad SMARTS) is 1. The zero-order valence-electron chi connectivity index (χ0n) is 7.51. The highest BCUT2D eigenvalue weighted by molar-refractivity contribution is 6.01. The van der Waals surface area contributed by atoms with Gasteiger partial charge in [0, 0.05) is 5.56 Å². The smallest absolute Gasteiger partial charge is 0.305 e. The van der Waals surface area contributed by atoms with Gasteiger partial charge in [-0.05, 0) is 0 Å². The van der Waals surface area contributed by atoms with Crippen molar-refractivity contribution in [3.8, 4) is 0 Å². The maximum Gasteiger partial charge on any atom is 0.305 e. The van der Waals surface area contributed by atoms with Gasteiger partial charge in [-0.15, -0.1) is 0 Å². The Balaban J connectivity index is 2.71. The van der Waals surface area contributed by atoms with Gasteiger partial charge in [0.25, 0.3) is 0 Å². The Kier molecular flexibility index (Phi) is 3.36. The molecule has 14 heavy (non-hydrogen) atoms. The van der Waals surface area contributed by atoms with Gasteiger partial charge in [0.15, 0.2) is 5.78 Å². The van der Waals surface area contributed by atoms with Crippen molar-refractivity contribution in [3.63, 3.8) is 0 Å². The molecule has 0 aliphatic rings. The number of Topliss-reactive ketones (excluding diaryl/α,β-unsaturated/α-hetero) is 1. The molecule has 0 fully saturated rings. The van der Waals surface area contributed by atoms with Crippen LogP contribution < -0.4 is 5.73 Å². The van der Waals surface area contributed by atoms with Crippen LogP contribution >= 0.6 is 0 Å². The molecule has 0 spiro atoms. The van der Waals surface area contributed by atoms with Gasteiger partial charge in [-0.2, -0.15) is 0 Å². The Morgan fingerprint density at radius 3 is 2.36 bits per heavy atom. The summed E-state index contributed by atoms with van der Waals surface area (Å²) in [4.78, 5) is 21.8. The van der Waals surface area contributed by atoms with E-state index < -0.39 is 12.0 Å². The molecule has 1 aromatic rings. The third kappa shape index (κ3) is 2.67. The summed E-state index contributed by atoms with van der Waals surface area (Å²) < 4.78 is 0. The number of carbonyl (C=O) groups is 2. The second-order valence-electron chi connectivity index (χ2n) is 2.93. The van der Waals surface area contributed by atoms with E-state index in [-0.39, 0.29) is 12.2 Å². The highest BCUT2D eigenvalue weighted by atomic mass is 16.4. The molecule has 1 rings (SSSR count). The SMILES string of the molecule is N[C@H](CC(=O)O)C(=O)c1ccccc1. The molecule has 0 amide bonds. The standard InChI is InChI=1S/C10H11NO3/c11-8(6-9(12)13)10(14)7-4-2-1-3-5-7/h1-5,8H,6,11H2,(H,12,13)/t8-/m1/s1. The summed E-state index contributed by atoms with van der Waals surface area (Å²) in [7, 11) is 0. The molecule has 4 nitrogen and oxygen atoms in total. The van der Waals surface area contributed by atoms with Crippen LogP contribution in [0.25, 0.3) is 0 Å². The molecule has 1 atom stereocenters. The molecule has 0 radical (unpaired) electrons. The summed E-state index contributed by atoms with van der Waals surface area (Å²) in [6.07, 6.45) is -0.340. The lowest BCUT2D eigenvalue weighted by Gasteiger charge is -2.06. The topological polar surface area (TPSA) is 80.4 Å². The van der Waals surface area contributed by atoms with Gasteiger partial charge in [0.05, 0.1) is 12.5 Å². The van der Waals surface area contributed by atoms with E-state index in [1.165, 1.54) is 0 Å². The van der Waals surface area contributed by atoms with Crippen LogP contribution in [0.1, 0.15) is 16.8 Å². The molecule has 0 aliphatic heterocycles. The van der Waals surface area contributed by atoms with Gasteiger partial charge < -0.3 is 10.8 Å². The Morgan fingerprint density at radius 1 is 1.29 bits per heavy atom. The van der Waals surface area contributed by atoms with Crippen molar-refractivity contribution in [2.24, 2.45) is 5.73 Å². The van der Waals surface area contributed by atoms with E-state index in [1.807, 2.05) is 0 Å². The number of hydrogen-bond acceptors (Lipinski definition) is 3. The van der Waals surface area contributed by atoms with Crippen molar-refractivity contribution in [2.45, 2.75) is 12.5 Å². The van der Waals surface area contributed by atoms with E-state index in [2.05, 4.69) is 0 Å². The fraction of sp³-hybridized carbons (Fsp3) is 0.200. The van der Waals surface area contributed by atoms with E-state index in [4.69, 9.17) is 10.8 Å². The predicted molar refractivity (Wildman–Crippen MR) is 51.0 cm³/mol. The summed E-state index contributed by atoms with van der Waals surface area (Å²) in [5.74, 6) is -1.41. The molecular formula is C10H11NO3. The Labute approximate surface area is 81.3 Å². The summed E-state index contributed by atoms with van der Waals surface area (Å²) >= 11 is 0. The molecule has 0 heterocycles. The third-order valence-corrected chi connectivity index (χ3v) is 1.79. The first-order chi connectivity index (χ1) is 6.61. The number of aliphatic carboxylic acids is 1. The van der Waals surface area contributed by atoms with Crippen molar-refractivity contribution in [1.29, 1.82) is 0 Å². The minimum Gasteiger partial charge on any atom is -0.481 e. The van der Waals surface area contributed by atoms with Crippen LogP contribution in [0.2, 0.25) is 0 Å². The summed E-state index contributed by atoms with van der Waals surface area (Å²) in [5.41, 5.74) is 5.87. The van der Waals surface area contributed by atoms with Crippen molar-refractivity contribution < 1.29 is 14.7 Å². The molecule has 1 aromatic carbocycles. The minimum absolute atomic E-state index is 0.340. The molecular weight excluding hydrogens is 182 g/mol. The van der Waals surface area contributed by atoms with Crippen LogP contribution in [-0.4, -0.2) is 22.9 Å². The summed E-state index contributed by atoms with van der Waals surface area (Å²) in [6.45, 7) is 0. The van der Waals surface area contributed by atoms with E-state index in [0.717, 1.165) is 0 Å². The second kappa shape index (κ2) is 4.53. The fourth-order valence-corrected chi connectivity index (χ4v) is 1.10. The number of rotatable bonds is 4. The lowest BCUT2D eigenvalue weighted by Crippen LogP contribution is -2.32. The van der Waals surface area contributed by atoms with Gasteiger partial charge >= 0.3 is 5.97 Å². The van der Waals surface area contributed by atoms with Crippen molar-refractivity contribution in [1.82, 2.24) is 0 Å². The Hall–Kier alpha value is -1.68. The minimum atomic E-state index is -1.07. The molecule has 74 valence electrons. The van der Waals surface area contributed by atoms with E-state index in [0.29, 0.717) is 5.56 Å². The highest BCUT2D eigenvalue weighted by Crippen LogP contribution is 2.04. The normalized spacial score (nSPS) is 12.1. The third-order valence-electron chi connectivity index (χ3n) is 1.79. The van der Waals surface area contributed by atoms with Crippen LogP contribution in [0.15, 0.2) is 30.3 Å². The number of carboxylic acids is 1. The number of carbonyl (C=O) groups excluding carboxylic acids is 1. The van der Waals surface area contributed by atoms with Crippen LogP contribution in [0.3, 0.4) is 0 Å². The van der Waals surface area contributed by atoms with Crippen LogP contribution in [0, 0.1) is 0 Å². The van der Waals surface area contributed by atoms with Crippen molar-refractivity contribution in [3.05, 3.63) is 35.9 Å². The van der Waals surface area contributed by atoms with Crippen LogP contribution in [-0.2, 0) is 4.79 Å². The first-order valence-electron chi connectivity index (χ1n) is 4.18. The van der Waals surface area contributed by atoms with Gasteiger partial charge in [0.2, 0.25) is 0 Å². The van der Waals surface area contributed by atoms with Gasteiger partial charge in [-0.3, -0.25) is 9.59 Å². The summed E-state index contributed by atoms with van der Waals surface area (Å²) in [5, 5.41) is 8.45. The summed E-state index contributed by atoms with van der Waals surface area (Å²) in [6, 6.07) is 7.46. The lowest BCUT2D eigenvalue weighted by atomic mass is 10.0. The average Bonchev–Trinajstić information content (AvgIpc) is 2.17. The van der Waals surface area contributed by atoms with E-state index in [9.17, 15) is 9.59 Å². The molecule has 0 bridgehead atoms. The van der Waals surface area contributed by atoms with Crippen LogP contribution in [0.4, 0.5) is 0 Å². The fourth-order valence-electron chi connectivity index (χ4n) is 1.10. The first-order valence-corrected chi connectivity index (χ1v) is 4.18. The second-order valence-corrected chi connectivity index (χ2v) is 2.93. The maximum absolute atomic E-state index is 11.5.